The molecule has 1 aromatic heterocycles. The quantitative estimate of drug-likeness (QED) is 0.197. The number of nitrogens with zero attached hydrogens (tertiary/aromatic N) is 2. The maximum absolute atomic E-state index is 15.6. The van der Waals surface area contributed by atoms with Gasteiger partial charge in [0, 0.05) is 48.8 Å². The number of allylic oxidation sites excluding steroid dienone is 2. The molecule has 3 aromatic rings. The van der Waals surface area contributed by atoms with Crippen LogP contribution in [0.15, 0.2) is 60.8 Å². The SMILES string of the molecule is CO[C@@]1(c2c(NC=O)ccc(Cl)c2F)CCCN(C(=O)C2C/C=C\CCC(=O)Nc3cc(N)ccc3-c3ccnc2c3)C1. The van der Waals surface area contributed by atoms with Crippen LogP contribution in [0.2, 0.25) is 5.02 Å². The number of nitrogens with one attached hydrogen (secondary N) is 2. The van der Waals surface area contributed by atoms with Gasteiger partial charge in [-0.15, -0.1) is 0 Å². The van der Waals surface area contributed by atoms with Gasteiger partial charge in [-0.2, -0.15) is 0 Å². The number of rotatable bonds is 5. The third-order valence-corrected chi connectivity index (χ3v) is 8.36. The summed E-state index contributed by atoms with van der Waals surface area (Å²) in [5.41, 5.74) is 8.31. The number of halogens is 2. The number of nitrogens with two attached hydrogens (primary N) is 1. The molecule has 9 nitrogen and oxygen atoms in total. The van der Waals surface area contributed by atoms with Gasteiger partial charge in [-0.05, 0) is 67.6 Å². The van der Waals surface area contributed by atoms with E-state index in [4.69, 9.17) is 22.1 Å². The molecule has 2 aliphatic rings. The zero-order valence-electron chi connectivity index (χ0n) is 23.7. The number of nitrogen functional groups attached to an aromatic ring is 1. The van der Waals surface area contributed by atoms with E-state index in [1.165, 1.54) is 19.2 Å². The van der Waals surface area contributed by atoms with Gasteiger partial charge in [-0.1, -0.05) is 29.8 Å². The standard InChI is InChI=1S/C32H33ClFN5O4/c1-43-32(29-25(37-19-40)11-10-24(33)30(29)34)13-5-15-39(18-32)31(42)23-6-3-2-4-7-28(41)38-27-17-21(35)8-9-22(27)20-12-14-36-26(23)16-20/h2-3,8-12,14,16-17,19,23H,4-7,13,15,18,35H2,1H3,(H,37,40)(H,38,41)/b3-2-/t23?,32-/m0/s1. The highest BCUT2D eigenvalue weighted by atomic mass is 35.5. The summed E-state index contributed by atoms with van der Waals surface area (Å²) in [6, 6.07) is 11.9. The summed E-state index contributed by atoms with van der Waals surface area (Å²) in [4.78, 5) is 44.6. The van der Waals surface area contributed by atoms with Crippen LogP contribution in [0.5, 0.6) is 0 Å². The summed E-state index contributed by atoms with van der Waals surface area (Å²) in [5.74, 6) is -1.68. The number of benzene rings is 2. The Labute approximate surface area is 254 Å². The molecule has 3 heterocycles. The molecule has 2 aromatic carbocycles. The first kappa shape index (κ1) is 30.2. The van der Waals surface area contributed by atoms with Crippen molar-refractivity contribution in [1.82, 2.24) is 9.88 Å². The minimum Gasteiger partial charge on any atom is -0.399 e. The molecule has 1 fully saturated rings. The molecule has 3 amide bonds. The average molecular weight is 606 g/mol. The largest absolute Gasteiger partial charge is 0.399 e. The van der Waals surface area contributed by atoms with Crippen LogP contribution in [-0.4, -0.2) is 48.3 Å². The second kappa shape index (κ2) is 12.9. The number of pyridine rings is 1. The summed E-state index contributed by atoms with van der Waals surface area (Å²) in [5, 5.41) is 5.40. The first-order chi connectivity index (χ1) is 20.8. The molecule has 2 atom stereocenters. The molecular formula is C32H33ClFN5O4. The Kier molecular flexibility index (Phi) is 9.08. The van der Waals surface area contributed by atoms with E-state index in [0.29, 0.717) is 55.7 Å². The minimum atomic E-state index is -1.24. The number of piperidine rings is 1. The lowest BCUT2D eigenvalue weighted by Gasteiger charge is -2.43. The van der Waals surface area contributed by atoms with Crippen LogP contribution in [0.1, 0.15) is 49.3 Å². The molecule has 0 radical (unpaired) electrons. The van der Waals surface area contributed by atoms with E-state index in [1.54, 1.807) is 23.2 Å². The first-order valence-corrected chi connectivity index (χ1v) is 14.5. The molecule has 5 rings (SSSR count). The van der Waals surface area contributed by atoms with Crippen molar-refractivity contribution in [3.05, 3.63) is 82.9 Å². The van der Waals surface area contributed by atoms with Gasteiger partial charge in [0.25, 0.3) is 0 Å². The Morgan fingerprint density at radius 2 is 2.09 bits per heavy atom. The average Bonchev–Trinajstić information content (AvgIpc) is 3.01. The Morgan fingerprint density at radius 1 is 1.26 bits per heavy atom. The summed E-state index contributed by atoms with van der Waals surface area (Å²) in [7, 11) is 1.46. The van der Waals surface area contributed by atoms with Gasteiger partial charge in [0.1, 0.15) is 11.4 Å². The Morgan fingerprint density at radius 3 is 2.88 bits per heavy atom. The molecule has 0 spiro atoms. The molecule has 11 heteroatoms. The number of amides is 3. The number of aromatic nitrogens is 1. The Bertz CT molecular complexity index is 1580. The Balaban J connectivity index is 1.53. The zero-order chi connectivity index (χ0) is 30.6. The highest BCUT2D eigenvalue weighted by molar-refractivity contribution is 6.31. The second-order valence-electron chi connectivity index (χ2n) is 10.7. The highest BCUT2D eigenvalue weighted by Gasteiger charge is 2.44. The van der Waals surface area contributed by atoms with Crippen molar-refractivity contribution in [2.24, 2.45) is 0 Å². The summed E-state index contributed by atoms with van der Waals surface area (Å²) in [6.07, 6.45) is 7.95. The van der Waals surface area contributed by atoms with Gasteiger partial charge in [-0.3, -0.25) is 19.4 Å². The smallest absolute Gasteiger partial charge is 0.232 e. The third kappa shape index (κ3) is 6.25. The fourth-order valence-electron chi connectivity index (χ4n) is 5.93. The van der Waals surface area contributed by atoms with Gasteiger partial charge >= 0.3 is 0 Å². The van der Waals surface area contributed by atoms with Crippen molar-refractivity contribution < 1.29 is 23.5 Å². The predicted octanol–water partition coefficient (Wildman–Crippen LogP) is 5.62. The van der Waals surface area contributed by atoms with Crippen LogP contribution in [0.25, 0.3) is 11.1 Å². The molecule has 0 aliphatic carbocycles. The van der Waals surface area contributed by atoms with Crippen molar-refractivity contribution in [2.45, 2.75) is 43.6 Å². The number of carbonyl (C=O) groups is 3. The van der Waals surface area contributed by atoms with E-state index in [0.717, 1.165) is 11.1 Å². The van der Waals surface area contributed by atoms with E-state index in [1.807, 2.05) is 30.4 Å². The Hall–Kier alpha value is -4.28. The van der Waals surface area contributed by atoms with Gasteiger partial charge in [0.15, 0.2) is 0 Å². The van der Waals surface area contributed by atoms with Crippen LogP contribution in [0, 0.1) is 5.82 Å². The minimum absolute atomic E-state index is 0.0492. The predicted molar refractivity (Wildman–Crippen MR) is 164 cm³/mol. The van der Waals surface area contributed by atoms with Crippen LogP contribution >= 0.6 is 11.6 Å². The highest BCUT2D eigenvalue weighted by Crippen LogP contribution is 2.43. The topological polar surface area (TPSA) is 127 Å². The van der Waals surface area contributed by atoms with Crippen LogP contribution in [0.4, 0.5) is 21.5 Å². The molecule has 2 aliphatic heterocycles. The van der Waals surface area contributed by atoms with Crippen molar-refractivity contribution in [1.29, 1.82) is 0 Å². The summed E-state index contributed by atoms with van der Waals surface area (Å²) < 4.78 is 21.5. The van der Waals surface area contributed by atoms with Crippen LogP contribution < -0.4 is 16.4 Å². The van der Waals surface area contributed by atoms with Crippen LogP contribution in [0.3, 0.4) is 0 Å². The number of ether oxygens (including phenoxy) is 1. The van der Waals surface area contributed by atoms with E-state index in [9.17, 15) is 14.4 Å². The van der Waals surface area contributed by atoms with Crippen molar-refractivity contribution in [3.63, 3.8) is 0 Å². The zero-order valence-corrected chi connectivity index (χ0v) is 24.5. The lowest BCUT2D eigenvalue weighted by molar-refractivity contribution is -0.143. The normalized spacial score (nSPS) is 21.3. The fourth-order valence-corrected chi connectivity index (χ4v) is 6.09. The van der Waals surface area contributed by atoms with Gasteiger partial charge < -0.3 is 26.0 Å². The molecule has 4 N–H and O–H groups in total. The van der Waals surface area contributed by atoms with Gasteiger partial charge in [0.05, 0.1) is 28.9 Å². The molecule has 224 valence electrons. The monoisotopic (exact) mass is 605 g/mol. The van der Waals surface area contributed by atoms with Crippen molar-refractivity contribution in [3.8, 4) is 11.1 Å². The summed E-state index contributed by atoms with van der Waals surface area (Å²) >= 11 is 6.16. The van der Waals surface area contributed by atoms with E-state index in [2.05, 4.69) is 15.6 Å². The summed E-state index contributed by atoms with van der Waals surface area (Å²) in [6.45, 7) is 0.483. The molecular weight excluding hydrogens is 573 g/mol. The maximum atomic E-state index is 15.6. The number of hydrogen-bond donors (Lipinski definition) is 3. The second-order valence-corrected chi connectivity index (χ2v) is 11.1. The molecule has 43 heavy (non-hydrogen) atoms. The maximum Gasteiger partial charge on any atom is 0.232 e. The lowest BCUT2D eigenvalue weighted by Crippen LogP contribution is -2.51. The third-order valence-electron chi connectivity index (χ3n) is 8.06. The molecule has 1 saturated heterocycles. The van der Waals surface area contributed by atoms with E-state index >= 15 is 4.39 Å². The first-order valence-electron chi connectivity index (χ1n) is 14.1. The van der Waals surface area contributed by atoms with Crippen molar-refractivity contribution >= 4 is 46.9 Å². The molecule has 2 bridgehead atoms. The number of fused-ring (bicyclic) bond motifs is 4. The van der Waals surface area contributed by atoms with E-state index in [-0.39, 0.29) is 41.1 Å². The van der Waals surface area contributed by atoms with Crippen molar-refractivity contribution in [2.75, 3.05) is 36.6 Å². The number of likely N-dealkylation sites (tertiary alicyclic amines) is 1. The van der Waals surface area contributed by atoms with Crippen LogP contribution in [-0.2, 0) is 24.7 Å². The number of carbonyl (C=O) groups excluding carboxylic acids is 3. The van der Waals surface area contributed by atoms with Gasteiger partial charge in [0.2, 0.25) is 18.2 Å². The molecule has 1 unspecified atom stereocenters. The molecule has 0 saturated carbocycles. The number of methoxy groups -OCH3 is 1. The number of hydrogen-bond acceptors (Lipinski definition) is 6. The fraction of sp³-hybridized carbons (Fsp3) is 0.312. The lowest BCUT2D eigenvalue weighted by atomic mass is 9.83. The number of anilines is 3. The van der Waals surface area contributed by atoms with E-state index < -0.39 is 17.3 Å². The van der Waals surface area contributed by atoms with Gasteiger partial charge in [-0.25, -0.2) is 4.39 Å².